The van der Waals surface area contributed by atoms with Crippen molar-refractivity contribution in [2.24, 2.45) is 5.92 Å². The van der Waals surface area contributed by atoms with Gasteiger partial charge in [-0.3, -0.25) is 9.78 Å². The van der Waals surface area contributed by atoms with Crippen LogP contribution in [0.5, 0.6) is 5.75 Å². The van der Waals surface area contributed by atoms with Crippen LogP contribution in [0.1, 0.15) is 22.5 Å². The van der Waals surface area contributed by atoms with Crippen LogP contribution < -0.4 is 4.74 Å². The molecule has 3 rings (SSSR count). The van der Waals surface area contributed by atoms with Crippen LogP contribution >= 0.6 is 0 Å². The smallest absolute Gasteiger partial charge is 0.490 e. The zero-order valence-corrected chi connectivity index (χ0v) is 17.7. The van der Waals surface area contributed by atoms with E-state index in [4.69, 9.17) is 19.4 Å². The normalized spacial score (nSPS) is 18.3. The fourth-order valence-corrected chi connectivity index (χ4v) is 3.42. The van der Waals surface area contributed by atoms with Gasteiger partial charge in [-0.05, 0) is 42.7 Å². The van der Waals surface area contributed by atoms with E-state index in [1.54, 1.807) is 26.5 Å². The minimum Gasteiger partial charge on any atom is -0.497 e. The lowest BCUT2D eigenvalue weighted by Gasteiger charge is -2.38. The molecule has 2 heterocycles. The number of carboxylic acid groups (broad SMARTS) is 1. The average Bonchev–Trinajstić information content (AvgIpc) is 2.79. The number of carbonyl (C=O) groups is 2. The van der Waals surface area contributed by atoms with Gasteiger partial charge in [0.15, 0.2) is 0 Å². The number of benzene rings is 1. The fraction of sp³-hybridized carbons (Fsp3) is 0.409. The summed E-state index contributed by atoms with van der Waals surface area (Å²) in [6.07, 6.45) is -1.55. The molecule has 0 bridgehead atoms. The highest BCUT2D eigenvalue weighted by atomic mass is 19.4. The zero-order chi connectivity index (χ0) is 23.7. The summed E-state index contributed by atoms with van der Waals surface area (Å²) in [5.74, 6) is -1.65. The summed E-state index contributed by atoms with van der Waals surface area (Å²) in [5.41, 5.74) is 1.72. The quantitative estimate of drug-likeness (QED) is 0.745. The van der Waals surface area contributed by atoms with Crippen molar-refractivity contribution in [1.82, 2.24) is 9.88 Å². The SMILES string of the molecule is COc1ccc(C[C@H]2CN(C(=O)c3ccccn3)CC[C@H]2OC)cc1.O=C(O)C(F)(F)F. The Hall–Kier alpha value is -3.14. The zero-order valence-electron chi connectivity index (χ0n) is 17.7. The first-order valence-corrected chi connectivity index (χ1v) is 9.81. The van der Waals surface area contributed by atoms with Gasteiger partial charge < -0.3 is 19.5 Å². The molecule has 1 saturated heterocycles. The topological polar surface area (TPSA) is 89.0 Å². The molecular weight excluding hydrogens is 429 g/mol. The van der Waals surface area contributed by atoms with Gasteiger partial charge in [0.25, 0.3) is 5.91 Å². The highest BCUT2D eigenvalue weighted by Crippen LogP contribution is 2.25. The number of carboxylic acids is 1. The summed E-state index contributed by atoms with van der Waals surface area (Å²) in [5, 5.41) is 7.12. The minimum atomic E-state index is -5.08. The lowest BCUT2D eigenvalue weighted by atomic mass is 9.88. The van der Waals surface area contributed by atoms with E-state index in [2.05, 4.69) is 17.1 Å². The number of hydrogen-bond acceptors (Lipinski definition) is 5. The number of hydrogen-bond donors (Lipinski definition) is 1. The van der Waals surface area contributed by atoms with Crippen molar-refractivity contribution in [3.05, 3.63) is 59.9 Å². The van der Waals surface area contributed by atoms with Gasteiger partial charge in [0.2, 0.25) is 0 Å². The van der Waals surface area contributed by atoms with Gasteiger partial charge in [0.1, 0.15) is 11.4 Å². The van der Waals surface area contributed by atoms with E-state index >= 15 is 0 Å². The van der Waals surface area contributed by atoms with Gasteiger partial charge >= 0.3 is 12.1 Å². The van der Waals surface area contributed by atoms with Gasteiger partial charge in [0, 0.05) is 32.3 Å². The van der Waals surface area contributed by atoms with E-state index in [0.717, 1.165) is 18.6 Å². The van der Waals surface area contributed by atoms with Crippen LogP contribution in [0.15, 0.2) is 48.7 Å². The second kappa shape index (κ2) is 11.5. The molecule has 1 fully saturated rings. The molecule has 0 aliphatic carbocycles. The number of methoxy groups -OCH3 is 2. The van der Waals surface area contributed by atoms with Crippen molar-refractivity contribution < 1.29 is 37.3 Å². The predicted octanol–water partition coefficient (Wildman–Crippen LogP) is 3.44. The summed E-state index contributed by atoms with van der Waals surface area (Å²) in [7, 11) is 3.42. The Morgan fingerprint density at radius 2 is 1.81 bits per heavy atom. The molecule has 0 radical (unpaired) electrons. The Kier molecular flexibility index (Phi) is 9.01. The number of rotatable bonds is 5. The number of piperidine rings is 1. The second-order valence-electron chi connectivity index (χ2n) is 7.14. The van der Waals surface area contributed by atoms with Gasteiger partial charge in [0.05, 0.1) is 13.2 Å². The van der Waals surface area contributed by atoms with E-state index in [9.17, 15) is 18.0 Å². The summed E-state index contributed by atoms with van der Waals surface area (Å²) in [6.45, 7) is 1.38. The molecule has 32 heavy (non-hydrogen) atoms. The fourth-order valence-electron chi connectivity index (χ4n) is 3.42. The monoisotopic (exact) mass is 454 g/mol. The number of nitrogens with zero attached hydrogens (tertiary/aromatic N) is 2. The van der Waals surface area contributed by atoms with Crippen molar-refractivity contribution in [2.45, 2.75) is 25.1 Å². The average molecular weight is 454 g/mol. The number of aromatic nitrogens is 1. The molecule has 174 valence electrons. The molecule has 1 amide bonds. The van der Waals surface area contributed by atoms with Crippen LogP contribution in [-0.4, -0.2) is 66.5 Å². The molecule has 0 saturated carbocycles. The molecule has 1 aromatic heterocycles. The van der Waals surface area contributed by atoms with Crippen LogP contribution in [0, 0.1) is 5.92 Å². The molecule has 7 nitrogen and oxygen atoms in total. The standard InChI is InChI=1S/C20H24N2O3.C2HF3O2/c1-24-17-8-6-15(7-9-17)13-16-14-22(12-10-19(16)25-2)20(23)18-5-3-4-11-21-18;3-2(4,5)1(6)7/h3-9,11,16,19H,10,12-14H2,1-2H3;(H,6,7)/t16-,19+;/m0./s1. The van der Waals surface area contributed by atoms with Crippen LogP contribution in [0.3, 0.4) is 0 Å². The second-order valence-corrected chi connectivity index (χ2v) is 7.14. The molecule has 2 atom stereocenters. The van der Waals surface area contributed by atoms with Crippen LogP contribution in [0.4, 0.5) is 13.2 Å². The summed E-state index contributed by atoms with van der Waals surface area (Å²) < 4.78 is 42.6. The Balaban J connectivity index is 0.000000451. The Bertz CT molecular complexity index is 875. The van der Waals surface area contributed by atoms with Gasteiger partial charge in [-0.15, -0.1) is 0 Å². The predicted molar refractivity (Wildman–Crippen MR) is 109 cm³/mol. The third-order valence-corrected chi connectivity index (χ3v) is 5.04. The van der Waals surface area contributed by atoms with Crippen molar-refractivity contribution in [1.29, 1.82) is 0 Å². The van der Waals surface area contributed by atoms with E-state index in [1.807, 2.05) is 29.2 Å². The lowest BCUT2D eigenvalue weighted by molar-refractivity contribution is -0.192. The Labute approximate surface area is 183 Å². The first-order valence-electron chi connectivity index (χ1n) is 9.81. The molecule has 0 unspecified atom stereocenters. The maximum absolute atomic E-state index is 12.7. The van der Waals surface area contributed by atoms with Gasteiger partial charge in [-0.2, -0.15) is 13.2 Å². The highest BCUT2D eigenvalue weighted by Gasteiger charge is 2.38. The number of likely N-dealkylation sites (tertiary alicyclic amines) is 1. The number of aliphatic carboxylic acids is 1. The summed E-state index contributed by atoms with van der Waals surface area (Å²) >= 11 is 0. The van der Waals surface area contributed by atoms with E-state index < -0.39 is 12.1 Å². The van der Waals surface area contributed by atoms with Crippen LogP contribution in [0.25, 0.3) is 0 Å². The first kappa shape index (κ1) is 25.1. The Morgan fingerprint density at radius 1 is 1.16 bits per heavy atom. The van der Waals surface area contributed by atoms with Crippen LogP contribution in [0.2, 0.25) is 0 Å². The van der Waals surface area contributed by atoms with E-state index in [0.29, 0.717) is 18.8 Å². The van der Waals surface area contributed by atoms with Crippen molar-refractivity contribution in [3.8, 4) is 5.75 Å². The molecule has 2 aromatic rings. The minimum absolute atomic E-state index is 0.00474. The molecule has 0 spiro atoms. The number of halogens is 3. The number of amides is 1. The summed E-state index contributed by atoms with van der Waals surface area (Å²) in [4.78, 5) is 27.7. The van der Waals surface area contributed by atoms with Crippen molar-refractivity contribution >= 4 is 11.9 Å². The third kappa shape index (κ3) is 7.23. The number of ether oxygens (including phenoxy) is 2. The number of alkyl halides is 3. The van der Waals surface area contributed by atoms with Crippen molar-refractivity contribution in [3.63, 3.8) is 0 Å². The molecule has 10 heteroatoms. The van der Waals surface area contributed by atoms with Crippen molar-refractivity contribution in [2.75, 3.05) is 27.3 Å². The molecule has 1 N–H and O–H groups in total. The van der Waals surface area contributed by atoms with Gasteiger partial charge in [-0.1, -0.05) is 18.2 Å². The highest BCUT2D eigenvalue weighted by molar-refractivity contribution is 5.92. The summed E-state index contributed by atoms with van der Waals surface area (Å²) in [6, 6.07) is 13.5. The first-order chi connectivity index (χ1) is 15.2. The maximum atomic E-state index is 12.7. The molecule has 1 aromatic carbocycles. The van der Waals surface area contributed by atoms with Crippen LogP contribution in [-0.2, 0) is 16.0 Å². The van der Waals surface area contributed by atoms with E-state index in [-0.39, 0.29) is 17.9 Å². The van der Waals surface area contributed by atoms with E-state index in [1.165, 1.54) is 5.56 Å². The molecular formula is C22H25F3N2O5. The largest absolute Gasteiger partial charge is 0.497 e. The molecule has 1 aliphatic heterocycles. The third-order valence-electron chi connectivity index (χ3n) is 5.04. The lowest BCUT2D eigenvalue weighted by Crippen LogP contribution is -2.47. The maximum Gasteiger partial charge on any atom is 0.490 e. The number of carbonyl (C=O) groups excluding carboxylic acids is 1. The molecule has 1 aliphatic rings. The Morgan fingerprint density at radius 3 is 2.31 bits per heavy atom. The van der Waals surface area contributed by atoms with Gasteiger partial charge in [-0.25, -0.2) is 4.79 Å². The number of pyridine rings is 1.